The standard InChI is InChI=1S/C21H38N2O2/c1-3-4-5-6-7-8-13-18(2)19(20(24)22-14-9-10-15-22)21(25)23-16-11-12-17-23/h18-19H,3-17H2,1-2H3. The number of likely N-dealkylation sites (tertiary alicyclic amines) is 2. The van der Waals surface area contributed by atoms with Crippen LogP contribution in [-0.4, -0.2) is 47.8 Å². The number of hydrogen-bond acceptors (Lipinski definition) is 2. The van der Waals surface area contributed by atoms with Gasteiger partial charge in [0.05, 0.1) is 0 Å². The Morgan fingerprint density at radius 3 is 1.68 bits per heavy atom. The normalized spacial score (nSPS) is 19.0. The van der Waals surface area contributed by atoms with Gasteiger partial charge in [-0.1, -0.05) is 52.4 Å². The SMILES string of the molecule is CCCCCCCCC(C)C(C(=O)N1CCCC1)C(=O)N1CCCC1. The molecule has 144 valence electrons. The summed E-state index contributed by atoms with van der Waals surface area (Å²) < 4.78 is 0. The fourth-order valence-electron chi connectivity index (χ4n) is 4.27. The lowest BCUT2D eigenvalue weighted by atomic mass is 9.86. The molecule has 0 saturated carbocycles. The van der Waals surface area contributed by atoms with Crippen molar-refractivity contribution >= 4 is 11.8 Å². The summed E-state index contributed by atoms with van der Waals surface area (Å²) in [5.41, 5.74) is 0. The minimum Gasteiger partial charge on any atom is -0.342 e. The minimum atomic E-state index is -0.438. The molecule has 0 aromatic carbocycles. The Hall–Kier alpha value is -1.06. The molecule has 2 aliphatic heterocycles. The molecular formula is C21H38N2O2. The van der Waals surface area contributed by atoms with Crippen LogP contribution in [-0.2, 0) is 9.59 Å². The molecule has 0 aromatic rings. The lowest BCUT2D eigenvalue weighted by Crippen LogP contribution is -2.46. The van der Waals surface area contributed by atoms with Crippen LogP contribution in [0.5, 0.6) is 0 Å². The van der Waals surface area contributed by atoms with E-state index in [0.29, 0.717) is 0 Å². The Bertz CT molecular complexity index is 384. The van der Waals surface area contributed by atoms with E-state index in [2.05, 4.69) is 13.8 Å². The van der Waals surface area contributed by atoms with Gasteiger partial charge in [-0.3, -0.25) is 9.59 Å². The van der Waals surface area contributed by atoms with Gasteiger partial charge >= 0.3 is 0 Å². The summed E-state index contributed by atoms with van der Waals surface area (Å²) in [5, 5.41) is 0. The van der Waals surface area contributed by atoms with Gasteiger partial charge in [0.1, 0.15) is 5.92 Å². The van der Waals surface area contributed by atoms with Crippen molar-refractivity contribution in [1.29, 1.82) is 0 Å². The van der Waals surface area contributed by atoms with E-state index in [1.54, 1.807) is 0 Å². The first-order chi connectivity index (χ1) is 12.1. The van der Waals surface area contributed by atoms with E-state index in [4.69, 9.17) is 0 Å². The number of carbonyl (C=O) groups is 2. The monoisotopic (exact) mass is 350 g/mol. The van der Waals surface area contributed by atoms with E-state index in [-0.39, 0.29) is 17.7 Å². The number of amides is 2. The first-order valence-corrected chi connectivity index (χ1v) is 10.7. The first-order valence-electron chi connectivity index (χ1n) is 10.7. The number of carbonyl (C=O) groups excluding carboxylic acids is 2. The van der Waals surface area contributed by atoms with E-state index in [0.717, 1.165) is 64.7 Å². The molecule has 4 heteroatoms. The minimum absolute atomic E-state index is 0.105. The van der Waals surface area contributed by atoms with Gasteiger partial charge in [-0.25, -0.2) is 0 Å². The molecule has 1 atom stereocenters. The molecule has 2 amide bonds. The predicted octanol–water partition coefficient (Wildman–Crippen LogP) is 4.23. The largest absolute Gasteiger partial charge is 0.342 e. The summed E-state index contributed by atoms with van der Waals surface area (Å²) >= 11 is 0. The van der Waals surface area contributed by atoms with Crippen molar-refractivity contribution in [3.63, 3.8) is 0 Å². The highest BCUT2D eigenvalue weighted by Crippen LogP contribution is 2.27. The highest BCUT2D eigenvalue weighted by atomic mass is 16.2. The highest BCUT2D eigenvalue weighted by molar-refractivity contribution is 6.00. The maximum absolute atomic E-state index is 13.0. The summed E-state index contributed by atoms with van der Waals surface area (Å²) in [6.45, 7) is 7.72. The molecule has 0 aliphatic carbocycles. The summed E-state index contributed by atoms with van der Waals surface area (Å²) in [6, 6.07) is 0. The lowest BCUT2D eigenvalue weighted by Gasteiger charge is -2.30. The fraction of sp³-hybridized carbons (Fsp3) is 0.905. The third kappa shape index (κ3) is 6.00. The van der Waals surface area contributed by atoms with Crippen LogP contribution in [0.4, 0.5) is 0 Å². The van der Waals surface area contributed by atoms with Crippen LogP contribution in [0, 0.1) is 11.8 Å². The lowest BCUT2D eigenvalue weighted by molar-refractivity contribution is -0.148. The van der Waals surface area contributed by atoms with Crippen LogP contribution in [0.2, 0.25) is 0 Å². The zero-order valence-electron chi connectivity index (χ0n) is 16.5. The topological polar surface area (TPSA) is 40.6 Å². The zero-order chi connectivity index (χ0) is 18.1. The van der Waals surface area contributed by atoms with Gasteiger partial charge in [0, 0.05) is 26.2 Å². The Morgan fingerprint density at radius 1 is 0.760 bits per heavy atom. The van der Waals surface area contributed by atoms with Crippen molar-refractivity contribution in [3.8, 4) is 0 Å². The van der Waals surface area contributed by atoms with Crippen LogP contribution in [0.1, 0.15) is 84.5 Å². The molecule has 0 spiro atoms. The van der Waals surface area contributed by atoms with Gasteiger partial charge in [-0.15, -0.1) is 0 Å². The van der Waals surface area contributed by atoms with Crippen LogP contribution >= 0.6 is 0 Å². The van der Waals surface area contributed by atoms with Gasteiger partial charge in [0.2, 0.25) is 11.8 Å². The maximum atomic E-state index is 13.0. The van der Waals surface area contributed by atoms with Gasteiger partial charge in [-0.2, -0.15) is 0 Å². The third-order valence-corrected chi connectivity index (χ3v) is 5.95. The molecule has 1 unspecified atom stereocenters. The average molecular weight is 351 g/mol. The molecule has 25 heavy (non-hydrogen) atoms. The van der Waals surface area contributed by atoms with Crippen molar-refractivity contribution < 1.29 is 9.59 Å². The van der Waals surface area contributed by atoms with Gasteiger partial charge in [0.25, 0.3) is 0 Å². The van der Waals surface area contributed by atoms with Crippen molar-refractivity contribution in [3.05, 3.63) is 0 Å². The van der Waals surface area contributed by atoms with Gasteiger partial charge in [-0.05, 0) is 38.0 Å². The van der Waals surface area contributed by atoms with Crippen molar-refractivity contribution in [1.82, 2.24) is 9.80 Å². The number of hydrogen-bond donors (Lipinski definition) is 0. The molecule has 2 heterocycles. The Kier molecular flexibility index (Phi) is 8.77. The Labute approximate surface area is 154 Å². The molecule has 0 bridgehead atoms. The predicted molar refractivity (Wildman–Crippen MR) is 102 cm³/mol. The van der Waals surface area contributed by atoms with Crippen molar-refractivity contribution in [2.45, 2.75) is 84.5 Å². The summed E-state index contributed by atoms with van der Waals surface area (Å²) in [5.74, 6) is -0.0695. The number of unbranched alkanes of at least 4 members (excludes halogenated alkanes) is 5. The average Bonchev–Trinajstić information content (AvgIpc) is 3.31. The number of rotatable bonds is 10. The fourth-order valence-corrected chi connectivity index (χ4v) is 4.27. The Morgan fingerprint density at radius 2 is 1.20 bits per heavy atom. The summed E-state index contributed by atoms with van der Waals surface area (Å²) in [6.07, 6.45) is 12.9. The van der Waals surface area contributed by atoms with Crippen molar-refractivity contribution in [2.75, 3.05) is 26.2 Å². The smallest absolute Gasteiger partial charge is 0.235 e. The van der Waals surface area contributed by atoms with Crippen LogP contribution in [0.15, 0.2) is 0 Å². The van der Waals surface area contributed by atoms with Gasteiger partial charge < -0.3 is 9.80 Å². The molecular weight excluding hydrogens is 312 g/mol. The summed E-state index contributed by atoms with van der Waals surface area (Å²) in [7, 11) is 0. The second kappa shape index (κ2) is 10.8. The zero-order valence-corrected chi connectivity index (χ0v) is 16.5. The number of nitrogens with zero attached hydrogens (tertiary/aromatic N) is 2. The summed E-state index contributed by atoms with van der Waals surface area (Å²) in [4.78, 5) is 30.0. The van der Waals surface area contributed by atoms with E-state index < -0.39 is 5.92 Å². The van der Waals surface area contributed by atoms with Crippen LogP contribution in [0.3, 0.4) is 0 Å². The molecule has 0 aromatic heterocycles. The molecule has 2 fully saturated rings. The van der Waals surface area contributed by atoms with E-state index in [1.165, 1.54) is 32.1 Å². The second-order valence-corrected chi connectivity index (χ2v) is 8.08. The van der Waals surface area contributed by atoms with Gasteiger partial charge in [0.15, 0.2) is 0 Å². The molecule has 2 aliphatic rings. The van der Waals surface area contributed by atoms with Crippen LogP contribution in [0.25, 0.3) is 0 Å². The Balaban J connectivity index is 1.90. The molecule has 4 nitrogen and oxygen atoms in total. The van der Waals surface area contributed by atoms with E-state index >= 15 is 0 Å². The maximum Gasteiger partial charge on any atom is 0.235 e. The first kappa shape index (κ1) is 20.3. The van der Waals surface area contributed by atoms with E-state index in [1.807, 2.05) is 9.80 Å². The highest BCUT2D eigenvalue weighted by Gasteiger charge is 2.38. The van der Waals surface area contributed by atoms with Crippen LogP contribution < -0.4 is 0 Å². The molecule has 2 saturated heterocycles. The molecule has 0 N–H and O–H groups in total. The molecule has 2 rings (SSSR count). The molecule has 0 radical (unpaired) electrons. The van der Waals surface area contributed by atoms with E-state index in [9.17, 15) is 9.59 Å². The van der Waals surface area contributed by atoms with Crippen molar-refractivity contribution in [2.24, 2.45) is 11.8 Å². The quantitative estimate of drug-likeness (QED) is 0.437. The second-order valence-electron chi connectivity index (χ2n) is 8.08. The third-order valence-electron chi connectivity index (χ3n) is 5.95.